The third kappa shape index (κ3) is 4.38. The number of para-hydroxylation sites is 1. The molecule has 2 aromatic rings. The van der Waals surface area contributed by atoms with Gasteiger partial charge < -0.3 is 10.1 Å². The smallest absolute Gasteiger partial charge is 0.124 e. The molecule has 4 heteroatoms. The van der Waals surface area contributed by atoms with Crippen LogP contribution in [0.1, 0.15) is 25.0 Å². The van der Waals surface area contributed by atoms with Gasteiger partial charge in [0.1, 0.15) is 5.75 Å². The molecule has 0 saturated carbocycles. The summed E-state index contributed by atoms with van der Waals surface area (Å²) < 4.78 is 7.65. The Morgan fingerprint density at radius 1 is 1.30 bits per heavy atom. The van der Waals surface area contributed by atoms with E-state index >= 15 is 0 Å². The molecular formula is C16H23N3O. The number of rotatable bonds is 7. The van der Waals surface area contributed by atoms with Gasteiger partial charge in [0.05, 0.1) is 12.3 Å². The largest absolute Gasteiger partial charge is 0.491 e. The first-order chi connectivity index (χ1) is 9.65. The number of aryl methyl sites for hydroxylation is 1. The predicted molar refractivity (Wildman–Crippen MR) is 80.8 cm³/mol. The lowest BCUT2D eigenvalue weighted by Gasteiger charge is -2.14. The molecule has 0 aliphatic carbocycles. The summed E-state index contributed by atoms with van der Waals surface area (Å²) in [7, 11) is 1.94. The molecule has 0 fully saturated rings. The summed E-state index contributed by atoms with van der Waals surface area (Å²) in [6, 6.07) is 8.19. The summed E-state index contributed by atoms with van der Waals surface area (Å²) in [5.41, 5.74) is 2.46. The van der Waals surface area contributed by atoms with E-state index in [0.29, 0.717) is 0 Å². The molecule has 4 nitrogen and oxygen atoms in total. The highest BCUT2D eigenvalue weighted by atomic mass is 16.5. The molecule has 0 aliphatic heterocycles. The molecule has 0 spiro atoms. The summed E-state index contributed by atoms with van der Waals surface area (Å²) in [5, 5.41) is 7.63. The zero-order chi connectivity index (χ0) is 14.4. The van der Waals surface area contributed by atoms with Gasteiger partial charge in [0.25, 0.3) is 0 Å². The van der Waals surface area contributed by atoms with Crippen molar-refractivity contribution in [2.45, 2.75) is 32.9 Å². The molecule has 108 valence electrons. The van der Waals surface area contributed by atoms with Gasteiger partial charge >= 0.3 is 0 Å². The lowest BCUT2D eigenvalue weighted by molar-refractivity contribution is 0.239. The zero-order valence-corrected chi connectivity index (χ0v) is 12.5. The van der Waals surface area contributed by atoms with Crippen molar-refractivity contribution in [2.24, 2.45) is 7.05 Å². The number of hydrogen-bond donors (Lipinski definition) is 1. The molecule has 20 heavy (non-hydrogen) atoms. The van der Waals surface area contributed by atoms with Crippen molar-refractivity contribution in [3.05, 3.63) is 47.8 Å². The monoisotopic (exact) mass is 273 g/mol. The van der Waals surface area contributed by atoms with Gasteiger partial charge in [0.2, 0.25) is 0 Å². The lowest BCUT2D eigenvalue weighted by Crippen LogP contribution is -2.18. The molecule has 0 amide bonds. The van der Waals surface area contributed by atoms with Crippen LogP contribution >= 0.6 is 0 Å². The fourth-order valence-electron chi connectivity index (χ4n) is 2.08. The third-order valence-electron chi connectivity index (χ3n) is 3.00. The van der Waals surface area contributed by atoms with Crippen molar-refractivity contribution >= 4 is 0 Å². The Labute approximate surface area is 120 Å². The van der Waals surface area contributed by atoms with Gasteiger partial charge in [0, 0.05) is 25.4 Å². The van der Waals surface area contributed by atoms with E-state index in [-0.39, 0.29) is 6.10 Å². The highest BCUT2D eigenvalue weighted by Crippen LogP contribution is 2.19. The summed E-state index contributed by atoms with van der Waals surface area (Å²) in [5.74, 6) is 0.969. The number of nitrogens with zero attached hydrogens (tertiary/aromatic N) is 2. The molecule has 0 radical (unpaired) electrons. The number of ether oxygens (including phenoxy) is 1. The van der Waals surface area contributed by atoms with E-state index in [2.05, 4.69) is 22.7 Å². The Balaban J connectivity index is 1.81. The quantitative estimate of drug-likeness (QED) is 0.788. The topological polar surface area (TPSA) is 39.1 Å². The molecule has 1 aromatic heterocycles. The molecule has 0 aliphatic rings. The van der Waals surface area contributed by atoms with Crippen molar-refractivity contribution in [1.82, 2.24) is 15.1 Å². The van der Waals surface area contributed by atoms with Crippen molar-refractivity contribution in [1.29, 1.82) is 0 Å². The van der Waals surface area contributed by atoms with E-state index in [4.69, 9.17) is 4.74 Å². The third-order valence-corrected chi connectivity index (χ3v) is 3.00. The Kier molecular flexibility index (Phi) is 5.18. The maximum atomic E-state index is 5.81. The minimum absolute atomic E-state index is 0.201. The van der Waals surface area contributed by atoms with Crippen molar-refractivity contribution in [3.63, 3.8) is 0 Å². The average Bonchev–Trinajstić information content (AvgIpc) is 2.81. The molecule has 0 bridgehead atoms. The Hall–Kier alpha value is -1.81. The maximum absolute atomic E-state index is 5.81. The number of benzene rings is 1. The number of aromatic nitrogens is 2. The summed E-state index contributed by atoms with van der Waals surface area (Å²) in [6.45, 7) is 5.85. The molecule has 0 saturated heterocycles. The first-order valence-electron chi connectivity index (χ1n) is 7.08. The fraction of sp³-hybridized carbons (Fsp3) is 0.438. The van der Waals surface area contributed by atoms with Crippen LogP contribution in [0.15, 0.2) is 36.7 Å². The molecule has 0 unspecified atom stereocenters. The van der Waals surface area contributed by atoms with E-state index < -0.39 is 0 Å². The normalized spacial score (nSPS) is 11.0. The van der Waals surface area contributed by atoms with Gasteiger partial charge in [-0.2, -0.15) is 5.10 Å². The average molecular weight is 273 g/mol. The zero-order valence-electron chi connectivity index (χ0n) is 12.5. The molecule has 1 heterocycles. The van der Waals surface area contributed by atoms with Crippen LogP contribution in [0.25, 0.3) is 0 Å². The van der Waals surface area contributed by atoms with Crippen molar-refractivity contribution in [2.75, 3.05) is 6.54 Å². The maximum Gasteiger partial charge on any atom is 0.124 e. The minimum atomic E-state index is 0.201. The van der Waals surface area contributed by atoms with Crippen LogP contribution in [0.5, 0.6) is 5.75 Å². The molecule has 0 atom stereocenters. The first-order valence-corrected chi connectivity index (χ1v) is 7.08. The van der Waals surface area contributed by atoms with Gasteiger partial charge in [-0.25, -0.2) is 0 Å². The van der Waals surface area contributed by atoms with Gasteiger partial charge in [-0.05, 0) is 38.4 Å². The van der Waals surface area contributed by atoms with Crippen LogP contribution in [-0.2, 0) is 20.0 Å². The summed E-state index contributed by atoms with van der Waals surface area (Å²) in [6.07, 6.45) is 5.15. The Morgan fingerprint density at radius 2 is 2.10 bits per heavy atom. The van der Waals surface area contributed by atoms with Crippen molar-refractivity contribution in [3.8, 4) is 5.75 Å². The molecular weight excluding hydrogens is 250 g/mol. The highest BCUT2D eigenvalue weighted by molar-refractivity contribution is 5.33. The lowest BCUT2D eigenvalue weighted by atomic mass is 10.2. The predicted octanol–water partition coefficient (Wildman–Crippen LogP) is 2.54. The minimum Gasteiger partial charge on any atom is -0.491 e. The summed E-state index contributed by atoms with van der Waals surface area (Å²) in [4.78, 5) is 0. The molecule has 1 N–H and O–H groups in total. The molecule has 2 rings (SSSR count). The second kappa shape index (κ2) is 7.10. The highest BCUT2D eigenvalue weighted by Gasteiger charge is 2.04. The standard InChI is InChI=1S/C16H23N3O/c1-13(2)20-16-7-5-4-6-15(16)11-17-9-8-14-10-18-19(3)12-14/h4-7,10,12-13,17H,8-9,11H2,1-3H3. The van der Waals surface area contributed by atoms with Crippen LogP contribution in [0, 0.1) is 0 Å². The fourth-order valence-corrected chi connectivity index (χ4v) is 2.08. The number of nitrogens with one attached hydrogen (secondary N) is 1. The van der Waals surface area contributed by atoms with Gasteiger partial charge in [-0.1, -0.05) is 18.2 Å². The van der Waals surface area contributed by atoms with Crippen LogP contribution in [0.4, 0.5) is 0 Å². The van der Waals surface area contributed by atoms with Gasteiger partial charge in [0.15, 0.2) is 0 Å². The second-order valence-electron chi connectivity index (χ2n) is 5.22. The number of hydrogen-bond acceptors (Lipinski definition) is 3. The van der Waals surface area contributed by atoms with Crippen LogP contribution < -0.4 is 10.1 Å². The van der Waals surface area contributed by atoms with E-state index in [1.165, 1.54) is 11.1 Å². The Morgan fingerprint density at radius 3 is 2.80 bits per heavy atom. The van der Waals surface area contributed by atoms with Crippen LogP contribution in [-0.4, -0.2) is 22.4 Å². The summed E-state index contributed by atoms with van der Waals surface area (Å²) >= 11 is 0. The van der Waals surface area contributed by atoms with Gasteiger partial charge in [-0.3, -0.25) is 4.68 Å². The van der Waals surface area contributed by atoms with E-state index in [1.54, 1.807) is 0 Å². The Bertz CT molecular complexity index is 534. The SMILES string of the molecule is CC(C)Oc1ccccc1CNCCc1cnn(C)c1. The van der Waals surface area contributed by atoms with E-state index in [9.17, 15) is 0 Å². The van der Waals surface area contributed by atoms with Crippen LogP contribution in [0.2, 0.25) is 0 Å². The van der Waals surface area contributed by atoms with E-state index in [1.807, 2.05) is 50.0 Å². The van der Waals surface area contributed by atoms with Gasteiger partial charge in [-0.15, -0.1) is 0 Å². The second-order valence-corrected chi connectivity index (χ2v) is 5.22. The van der Waals surface area contributed by atoms with E-state index in [0.717, 1.165) is 25.3 Å². The van der Waals surface area contributed by atoms with Crippen LogP contribution in [0.3, 0.4) is 0 Å². The van der Waals surface area contributed by atoms with Crippen molar-refractivity contribution < 1.29 is 4.74 Å². The molecule has 1 aromatic carbocycles. The first kappa shape index (κ1) is 14.6.